The van der Waals surface area contributed by atoms with E-state index in [9.17, 15) is 4.79 Å². The monoisotopic (exact) mass is 316 g/mol. The molecule has 0 aromatic carbocycles. The van der Waals surface area contributed by atoms with Crippen molar-refractivity contribution in [1.82, 2.24) is 29.8 Å². The number of carbonyl (C=O) groups excluding carboxylic acids is 1. The molecule has 23 heavy (non-hydrogen) atoms. The zero-order chi connectivity index (χ0) is 16.4. The van der Waals surface area contributed by atoms with Gasteiger partial charge in [0.2, 0.25) is 5.82 Å². The first-order valence-electron chi connectivity index (χ1n) is 8.23. The Kier molecular flexibility index (Phi) is 4.56. The molecule has 7 heteroatoms. The van der Waals surface area contributed by atoms with Crippen molar-refractivity contribution in [2.45, 2.75) is 33.1 Å². The van der Waals surface area contributed by atoms with Gasteiger partial charge >= 0.3 is 0 Å². The second-order valence-electron chi connectivity index (χ2n) is 6.31. The number of piperidine rings is 1. The minimum absolute atomic E-state index is 0.0837. The minimum Gasteiger partial charge on any atom is -0.336 e. The second kappa shape index (κ2) is 6.62. The molecule has 0 unspecified atom stereocenters. The van der Waals surface area contributed by atoms with Crippen LogP contribution >= 0.6 is 0 Å². The molecular formula is C16H24N6O. The summed E-state index contributed by atoms with van der Waals surface area (Å²) in [6.45, 7) is 6.47. The van der Waals surface area contributed by atoms with Crippen LogP contribution in [0.5, 0.6) is 0 Å². The zero-order valence-electron chi connectivity index (χ0n) is 14.0. The van der Waals surface area contributed by atoms with Crippen molar-refractivity contribution in [3.63, 3.8) is 0 Å². The van der Waals surface area contributed by atoms with E-state index in [4.69, 9.17) is 0 Å². The first-order valence-corrected chi connectivity index (χ1v) is 8.23. The van der Waals surface area contributed by atoms with Crippen LogP contribution in [-0.2, 0) is 0 Å². The van der Waals surface area contributed by atoms with Crippen molar-refractivity contribution >= 4 is 11.7 Å². The van der Waals surface area contributed by atoms with Crippen LogP contribution in [0.15, 0.2) is 6.07 Å². The van der Waals surface area contributed by atoms with E-state index in [2.05, 4.69) is 20.4 Å². The Labute approximate surface area is 136 Å². The molecule has 0 aliphatic carbocycles. The number of fused-ring (bicyclic) bond motifs is 1. The molecule has 3 heterocycles. The summed E-state index contributed by atoms with van der Waals surface area (Å²) in [6.07, 6.45) is 3.28. The highest BCUT2D eigenvalue weighted by Crippen LogP contribution is 2.21. The Morgan fingerprint density at radius 1 is 1.30 bits per heavy atom. The Morgan fingerprint density at radius 3 is 2.74 bits per heavy atom. The average Bonchev–Trinajstić information content (AvgIpc) is 2.97. The fourth-order valence-corrected chi connectivity index (χ4v) is 3.17. The predicted molar refractivity (Wildman–Crippen MR) is 87.4 cm³/mol. The summed E-state index contributed by atoms with van der Waals surface area (Å²) >= 11 is 0. The SMILES string of the molecule is CNCCC1CCN(C(=O)c2nc3nc(C)cc(C)n3n2)CC1. The van der Waals surface area contributed by atoms with Crippen LogP contribution < -0.4 is 5.32 Å². The number of aryl methyl sites for hydroxylation is 2. The van der Waals surface area contributed by atoms with Gasteiger partial charge in [-0.1, -0.05) is 0 Å². The van der Waals surface area contributed by atoms with Crippen molar-refractivity contribution in [1.29, 1.82) is 0 Å². The molecule has 1 aliphatic heterocycles. The summed E-state index contributed by atoms with van der Waals surface area (Å²) in [5, 5.41) is 7.53. The molecule has 0 radical (unpaired) electrons. The van der Waals surface area contributed by atoms with Gasteiger partial charge in [0, 0.05) is 24.5 Å². The molecule has 0 saturated carbocycles. The van der Waals surface area contributed by atoms with E-state index in [1.807, 2.05) is 31.9 Å². The Balaban J connectivity index is 1.70. The van der Waals surface area contributed by atoms with Crippen LogP contribution in [0, 0.1) is 19.8 Å². The number of aromatic nitrogens is 4. The number of hydrogen-bond donors (Lipinski definition) is 1. The van der Waals surface area contributed by atoms with Gasteiger partial charge in [-0.3, -0.25) is 4.79 Å². The third kappa shape index (κ3) is 3.34. The standard InChI is InChI=1S/C16H24N6O/c1-11-10-12(2)22-16(18-11)19-14(20-22)15(23)21-8-5-13(6-9-21)4-7-17-3/h10,13,17H,4-9H2,1-3H3. The lowest BCUT2D eigenvalue weighted by Gasteiger charge is -2.31. The second-order valence-corrected chi connectivity index (χ2v) is 6.31. The molecule has 1 saturated heterocycles. The normalized spacial score (nSPS) is 16.2. The van der Waals surface area contributed by atoms with Gasteiger partial charge < -0.3 is 10.2 Å². The van der Waals surface area contributed by atoms with Gasteiger partial charge in [0.1, 0.15) is 0 Å². The van der Waals surface area contributed by atoms with Gasteiger partial charge in [0.15, 0.2) is 0 Å². The van der Waals surface area contributed by atoms with Gasteiger partial charge in [-0.05, 0) is 58.7 Å². The molecule has 0 spiro atoms. The Bertz CT molecular complexity index is 702. The fraction of sp³-hybridized carbons (Fsp3) is 0.625. The van der Waals surface area contributed by atoms with E-state index in [-0.39, 0.29) is 11.7 Å². The van der Waals surface area contributed by atoms with Crippen LogP contribution in [0.2, 0.25) is 0 Å². The summed E-state index contributed by atoms with van der Waals surface area (Å²) in [5.74, 6) is 1.36. The minimum atomic E-state index is -0.0837. The van der Waals surface area contributed by atoms with Gasteiger partial charge in [-0.2, -0.15) is 4.98 Å². The van der Waals surface area contributed by atoms with Crippen LogP contribution in [0.1, 0.15) is 41.3 Å². The number of amides is 1. The quantitative estimate of drug-likeness (QED) is 0.917. The number of likely N-dealkylation sites (tertiary alicyclic amines) is 1. The highest BCUT2D eigenvalue weighted by Gasteiger charge is 2.26. The van der Waals surface area contributed by atoms with Crippen molar-refractivity contribution in [3.8, 4) is 0 Å². The Morgan fingerprint density at radius 2 is 2.04 bits per heavy atom. The number of hydrogen-bond acceptors (Lipinski definition) is 5. The summed E-state index contributed by atoms with van der Waals surface area (Å²) in [6, 6.07) is 1.93. The van der Waals surface area contributed by atoms with E-state index in [1.54, 1.807) is 4.52 Å². The third-order valence-electron chi connectivity index (χ3n) is 4.51. The van der Waals surface area contributed by atoms with E-state index >= 15 is 0 Å². The van der Waals surface area contributed by atoms with Crippen molar-refractivity contribution in [2.75, 3.05) is 26.7 Å². The number of nitrogens with zero attached hydrogens (tertiary/aromatic N) is 5. The van der Waals surface area contributed by atoms with E-state index < -0.39 is 0 Å². The summed E-state index contributed by atoms with van der Waals surface area (Å²) in [7, 11) is 1.98. The predicted octanol–water partition coefficient (Wildman–Crippen LogP) is 1.20. The average molecular weight is 316 g/mol. The molecular weight excluding hydrogens is 292 g/mol. The molecule has 2 aromatic rings. The number of rotatable bonds is 4. The largest absolute Gasteiger partial charge is 0.336 e. The molecule has 1 N–H and O–H groups in total. The molecule has 7 nitrogen and oxygen atoms in total. The first kappa shape index (κ1) is 15.9. The number of carbonyl (C=O) groups is 1. The smallest absolute Gasteiger partial charge is 0.293 e. The lowest BCUT2D eigenvalue weighted by molar-refractivity contribution is 0.0675. The fourth-order valence-electron chi connectivity index (χ4n) is 3.17. The molecule has 1 fully saturated rings. The summed E-state index contributed by atoms with van der Waals surface area (Å²) in [5.41, 5.74) is 1.82. The molecule has 0 atom stereocenters. The number of nitrogens with one attached hydrogen (secondary N) is 1. The third-order valence-corrected chi connectivity index (χ3v) is 4.51. The molecule has 124 valence electrons. The summed E-state index contributed by atoms with van der Waals surface area (Å²) in [4.78, 5) is 23.2. The molecule has 0 bridgehead atoms. The van der Waals surface area contributed by atoms with Gasteiger partial charge in [0.25, 0.3) is 11.7 Å². The van der Waals surface area contributed by atoms with E-state index in [0.29, 0.717) is 11.7 Å². The van der Waals surface area contributed by atoms with Crippen molar-refractivity contribution < 1.29 is 4.79 Å². The molecule has 1 amide bonds. The maximum absolute atomic E-state index is 12.6. The van der Waals surface area contributed by atoms with Gasteiger partial charge in [0.05, 0.1) is 0 Å². The van der Waals surface area contributed by atoms with Crippen molar-refractivity contribution in [3.05, 3.63) is 23.3 Å². The molecule has 3 rings (SSSR count). The lowest BCUT2D eigenvalue weighted by atomic mass is 9.93. The maximum Gasteiger partial charge on any atom is 0.293 e. The topological polar surface area (TPSA) is 75.4 Å². The van der Waals surface area contributed by atoms with E-state index in [1.165, 1.54) is 6.42 Å². The van der Waals surface area contributed by atoms with Crippen LogP contribution in [0.4, 0.5) is 0 Å². The van der Waals surface area contributed by atoms with Crippen molar-refractivity contribution in [2.24, 2.45) is 5.92 Å². The molecule has 2 aromatic heterocycles. The maximum atomic E-state index is 12.6. The highest BCUT2D eigenvalue weighted by molar-refractivity contribution is 5.90. The summed E-state index contributed by atoms with van der Waals surface area (Å²) < 4.78 is 1.64. The zero-order valence-corrected chi connectivity index (χ0v) is 14.0. The van der Waals surface area contributed by atoms with Gasteiger partial charge in [-0.25, -0.2) is 9.50 Å². The van der Waals surface area contributed by atoms with Gasteiger partial charge in [-0.15, -0.1) is 5.10 Å². The Hall–Kier alpha value is -2.02. The van der Waals surface area contributed by atoms with Crippen LogP contribution in [-0.4, -0.2) is 57.1 Å². The van der Waals surface area contributed by atoms with Crippen LogP contribution in [0.3, 0.4) is 0 Å². The first-order chi connectivity index (χ1) is 11.1. The van der Waals surface area contributed by atoms with E-state index in [0.717, 1.165) is 43.9 Å². The van der Waals surface area contributed by atoms with Crippen LogP contribution in [0.25, 0.3) is 5.78 Å². The lowest BCUT2D eigenvalue weighted by Crippen LogP contribution is -2.39. The highest BCUT2D eigenvalue weighted by atomic mass is 16.2. The molecule has 1 aliphatic rings.